The fourth-order valence-corrected chi connectivity index (χ4v) is 1.39. The summed E-state index contributed by atoms with van der Waals surface area (Å²) in [7, 11) is 0. The summed E-state index contributed by atoms with van der Waals surface area (Å²) in [5.74, 6) is -0.513. The van der Waals surface area contributed by atoms with Gasteiger partial charge in [-0.1, -0.05) is 34.8 Å². The maximum atomic E-state index is 12.9. The van der Waals surface area contributed by atoms with Gasteiger partial charge in [-0.05, 0) is 18.6 Å². The van der Waals surface area contributed by atoms with Gasteiger partial charge in [0.05, 0.1) is 15.1 Å². The lowest BCUT2D eigenvalue weighted by Crippen LogP contribution is -1.85. The molecule has 0 unspecified atom stereocenters. The number of rotatable bonds is 0. The Balaban J connectivity index is 3.46. The van der Waals surface area contributed by atoms with E-state index in [1.54, 1.807) is 6.92 Å². The van der Waals surface area contributed by atoms with Gasteiger partial charge in [0.15, 0.2) is 0 Å². The molecule has 4 heteroatoms. The zero-order valence-corrected chi connectivity index (χ0v) is 7.86. The molecule has 1 aromatic rings. The maximum Gasteiger partial charge on any atom is 0.146 e. The third kappa shape index (κ3) is 1.61. The molecule has 0 aliphatic rings. The Labute approximate surface area is 78.9 Å². The minimum Gasteiger partial charge on any atom is -0.205 e. The Morgan fingerprint density at radius 2 is 1.73 bits per heavy atom. The summed E-state index contributed by atoms with van der Waals surface area (Å²) in [5.41, 5.74) is 0.393. The highest BCUT2D eigenvalue weighted by Crippen LogP contribution is 2.33. The standard InChI is InChI=1S/C7H4Cl3F/c1-3-2-4(8)5(9)6(10)7(3)11/h2H,1H3. The van der Waals surface area contributed by atoms with Crippen LogP contribution >= 0.6 is 34.8 Å². The summed E-state index contributed by atoms with van der Waals surface area (Å²) in [6, 6.07) is 1.44. The van der Waals surface area contributed by atoms with Crippen molar-refractivity contribution in [3.8, 4) is 0 Å². The first-order valence-electron chi connectivity index (χ1n) is 2.83. The average molecular weight is 213 g/mol. The first-order valence-corrected chi connectivity index (χ1v) is 3.97. The van der Waals surface area contributed by atoms with Crippen molar-refractivity contribution in [1.82, 2.24) is 0 Å². The summed E-state index contributed by atoms with van der Waals surface area (Å²) in [6.07, 6.45) is 0. The van der Waals surface area contributed by atoms with Gasteiger partial charge in [-0.15, -0.1) is 0 Å². The second kappa shape index (κ2) is 3.18. The molecule has 0 spiro atoms. The molecule has 11 heavy (non-hydrogen) atoms. The summed E-state index contributed by atoms with van der Waals surface area (Å²) in [5, 5.41) is 0.226. The Kier molecular flexibility index (Phi) is 2.63. The van der Waals surface area contributed by atoms with E-state index in [9.17, 15) is 4.39 Å². The second-order valence-electron chi connectivity index (χ2n) is 2.12. The molecular formula is C7H4Cl3F. The lowest BCUT2D eigenvalue weighted by atomic mass is 10.2. The minimum atomic E-state index is -0.513. The highest BCUT2D eigenvalue weighted by Gasteiger charge is 2.11. The topological polar surface area (TPSA) is 0 Å². The molecule has 0 radical (unpaired) electrons. The van der Waals surface area contributed by atoms with Gasteiger partial charge < -0.3 is 0 Å². The van der Waals surface area contributed by atoms with Gasteiger partial charge in [0.1, 0.15) is 5.82 Å². The molecule has 0 aliphatic carbocycles. The fraction of sp³-hybridized carbons (Fsp3) is 0.143. The Morgan fingerprint density at radius 1 is 1.18 bits per heavy atom. The molecule has 1 aromatic carbocycles. The van der Waals surface area contributed by atoms with Crippen molar-refractivity contribution in [2.24, 2.45) is 0 Å². The molecule has 0 aliphatic heterocycles. The number of halogens is 4. The van der Waals surface area contributed by atoms with Crippen LogP contribution in [0.1, 0.15) is 5.56 Å². The number of aryl methyl sites for hydroxylation is 1. The van der Waals surface area contributed by atoms with E-state index in [2.05, 4.69) is 0 Å². The molecule has 0 fully saturated rings. The van der Waals surface area contributed by atoms with Crippen molar-refractivity contribution in [2.45, 2.75) is 6.92 Å². The van der Waals surface area contributed by atoms with E-state index in [1.165, 1.54) is 6.07 Å². The van der Waals surface area contributed by atoms with E-state index in [1.807, 2.05) is 0 Å². The van der Waals surface area contributed by atoms with Crippen LogP contribution in [-0.4, -0.2) is 0 Å². The van der Waals surface area contributed by atoms with Crippen LogP contribution in [0.25, 0.3) is 0 Å². The van der Waals surface area contributed by atoms with Crippen LogP contribution in [0.5, 0.6) is 0 Å². The van der Waals surface area contributed by atoms with E-state index >= 15 is 0 Å². The molecular weight excluding hydrogens is 209 g/mol. The zero-order chi connectivity index (χ0) is 8.59. The van der Waals surface area contributed by atoms with Crippen molar-refractivity contribution < 1.29 is 4.39 Å². The number of benzene rings is 1. The fourth-order valence-electron chi connectivity index (χ4n) is 0.691. The van der Waals surface area contributed by atoms with Gasteiger partial charge in [0, 0.05) is 0 Å². The van der Waals surface area contributed by atoms with Gasteiger partial charge >= 0.3 is 0 Å². The van der Waals surface area contributed by atoms with Crippen LogP contribution in [0.2, 0.25) is 15.1 Å². The molecule has 0 saturated carbocycles. The van der Waals surface area contributed by atoms with Gasteiger partial charge in [-0.3, -0.25) is 0 Å². The van der Waals surface area contributed by atoms with Gasteiger partial charge in [0.2, 0.25) is 0 Å². The predicted molar refractivity (Wildman–Crippen MR) is 46.2 cm³/mol. The molecule has 0 N–H and O–H groups in total. The Hall–Kier alpha value is 0.0200. The van der Waals surface area contributed by atoms with Crippen LogP contribution in [0.4, 0.5) is 4.39 Å². The molecule has 0 atom stereocenters. The highest BCUT2D eigenvalue weighted by atomic mass is 35.5. The third-order valence-electron chi connectivity index (χ3n) is 1.28. The monoisotopic (exact) mass is 212 g/mol. The lowest BCUT2D eigenvalue weighted by Gasteiger charge is -2.02. The van der Waals surface area contributed by atoms with Gasteiger partial charge in [-0.2, -0.15) is 0 Å². The summed E-state index contributed by atoms with van der Waals surface area (Å²) in [6.45, 7) is 1.57. The van der Waals surface area contributed by atoms with Gasteiger partial charge in [-0.25, -0.2) is 4.39 Å². The van der Waals surface area contributed by atoms with E-state index in [4.69, 9.17) is 34.8 Å². The van der Waals surface area contributed by atoms with E-state index in [0.29, 0.717) is 5.56 Å². The number of hydrogen-bond donors (Lipinski definition) is 0. The van der Waals surface area contributed by atoms with E-state index < -0.39 is 5.82 Å². The van der Waals surface area contributed by atoms with Crippen molar-refractivity contribution in [2.75, 3.05) is 0 Å². The molecule has 0 bridgehead atoms. The smallest absolute Gasteiger partial charge is 0.146 e. The molecule has 0 saturated heterocycles. The zero-order valence-electron chi connectivity index (χ0n) is 5.59. The first kappa shape index (κ1) is 9.11. The molecule has 0 heterocycles. The summed E-state index contributed by atoms with van der Waals surface area (Å²) < 4.78 is 12.9. The molecule has 60 valence electrons. The van der Waals surface area contributed by atoms with Crippen molar-refractivity contribution >= 4 is 34.8 Å². The van der Waals surface area contributed by atoms with Crippen molar-refractivity contribution in [1.29, 1.82) is 0 Å². The Bertz CT molecular complexity index is 270. The van der Waals surface area contributed by atoms with Crippen LogP contribution in [0, 0.1) is 12.7 Å². The maximum absolute atomic E-state index is 12.9. The predicted octanol–water partition coefficient (Wildman–Crippen LogP) is 4.09. The third-order valence-corrected chi connectivity index (χ3v) is 2.52. The first-order chi connectivity index (χ1) is 5.04. The highest BCUT2D eigenvalue weighted by molar-refractivity contribution is 6.48. The molecule has 1 rings (SSSR count). The van der Waals surface area contributed by atoms with Crippen molar-refractivity contribution in [3.05, 3.63) is 32.5 Å². The molecule has 0 aromatic heterocycles. The van der Waals surface area contributed by atoms with Crippen molar-refractivity contribution in [3.63, 3.8) is 0 Å². The quantitative estimate of drug-likeness (QED) is 0.450. The Morgan fingerprint density at radius 3 is 2.27 bits per heavy atom. The lowest BCUT2D eigenvalue weighted by molar-refractivity contribution is 0.619. The van der Waals surface area contributed by atoms with Crippen LogP contribution in [0.15, 0.2) is 6.07 Å². The largest absolute Gasteiger partial charge is 0.205 e. The molecule has 0 amide bonds. The summed E-state index contributed by atoms with van der Waals surface area (Å²) >= 11 is 16.7. The second-order valence-corrected chi connectivity index (χ2v) is 3.28. The van der Waals surface area contributed by atoms with E-state index in [0.717, 1.165) is 0 Å². The molecule has 0 nitrogen and oxygen atoms in total. The van der Waals surface area contributed by atoms with Crippen LogP contribution < -0.4 is 0 Å². The normalized spacial score (nSPS) is 10.3. The SMILES string of the molecule is Cc1cc(Cl)c(Cl)c(Cl)c1F. The van der Waals surface area contributed by atoms with Gasteiger partial charge in [0.25, 0.3) is 0 Å². The average Bonchev–Trinajstić information content (AvgIpc) is 1.97. The minimum absolute atomic E-state index is 0.0661. The van der Waals surface area contributed by atoms with Crippen LogP contribution in [-0.2, 0) is 0 Å². The van der Waals surface area contributed by atoms with E-state index in [-0.39, 0.29) is 15.1 Å². The summed E-state index contributed by atoms with van der Waals surface area (Å²) in [4.78, 5) is 0. The number of hydrogen-bond acceptors (Lipinski definition) is 0. The van der Waals surface area contributed by atoms with Crippen LogP contribution in [0.3, 0.4) is 0 Å².